The zero-order valence-electron chi connectivity index (χ0n) is 14.6. The maximum Gasteiger partial charge on any atom is 0.337 e. The number of thiophene rings is 1. The van der Waals surface area contributed by atoms with E-state index in [1.54, 1.807) is 11.8 Å². The molecule has 27 heavy (non-hydrogen) atoms. The van der Waals surface area contributed by atoms with Crippen molar-refractivity contribution in [3.8, 4) is 0 Å². The van der Waals surface area contributed by atoms with Crippen LogP contribution in [0.3, 0.4) is 0 Å². The van der Waals surface area contributed by atoms with Crippen molar-refractivity contribution in [2.24, 2.45) is 0 Å². The fourth-order valence-electron chi connectivity index (χ4n) is 3.48. The van der Waals surface area contributed by atoms with Crippen molar-refractivity contribution < 1.29 is 14.7 Å². The smallest absolute Gasteiger partial charge is 0.337 e. The third-order valence-corrected chi connectivity index (χ3v) is 5.69. The minimum absolute atomic E-state index is 0.0601. The SMILES string of the molecule is Cc1nc2scc(C(=O)O)c2c(=O)n1CC(=O)N1CCCc2ccccc21. The average Bonchev–Trinajstić information content (AvgIpc) is 3.08. The highest BCUT2D eigenvalue weighted by Crippen LogP contribution is 2.27. The Labute approximate surface area is 158 Å². The molecule has 1 amide bonds. The molecule has 1 aromatic carbocycles. The van der Waals surface area contributed by atoms with Crippen LogP contribution in [0.4, 0.5) is 5.69 Å². The number of fused-ring (bicyclic) bond motifs is 2. The number of amides is 1. The van der Waals surface area contributed by atoms with Gasteiger partial charge >= 0.3 is 5.97 Å². The lowest BCUT2D eigenvalue weighted by atomic mass is 10.0. The predicted octanol–water partition coefficient (Wildman–Crippen LogP) is 2.44. The number of para-hydroxylation sites is 1. The normalized spacial score (nSPS) is 13.6. The van der Waals surface area contributed by atoms with E-state index in [0.717, 1.165) is 35.4 Å². The quantitative estimate of drug-likeness (QED) is 0.750. The number of aryl methyl sites for hydroxylation is 2. The van der Waals surface area contributed by atoms with Gasteiger partial charge in [-0.25, -0.2) is 9.78 Å². The van der Waals surface area contributed by atoms with Crippen LogP contribution >= 0.6 is 11.3 Å². The minimum atomic E-state index is -1.17. The van der Waals surface area contributed by atoms with E-state index in [9.17, 15) is 19.5 Å². The van der Waals surface area contributed by atoms with Crippen molar-refractivity contribution in [2.75, 3.05) is 11.4 Å². The Morgan fingerprint density at radius 1 is 1.30 bits per heavy atom. The summed E-state index contributed by atoms with van der Waals surface area (Å²) in [6.07, 6.45) is 1.78. The summed E-state index contributed by atoms with van der Waals surface area (Å²) in [6, 6.07) is 7.75. The maximum absolute atomic E-state index is 13.0. The summed E-state index contributed by atoms with van der Waals surface area (Å²) in [5, 5.41) is 10.8. The van der Waals surface area contributed by atoms with E-state index < -0.39 is 11.5 Å². The molecule has 7 nitrogen and oxygen atoms in total. The van der Waals surface area contributed by atoms with Crippen molar-refractivity contribution in [3.05, 3.63) is 57.0 Å². The average molecular weight is 383 g/mol. The van der Waals surface area contributed by atoms with Crippen LogP contribution in [0.25, 0.3) is 10.2 Å². The summed E-state index contributed by atoms with van der Waals surface area (Å²) in [7, 11) is 0. The van der Waals surface area contributed by atoms with Crippen LogP contribution in [0, 0.1) is 6.92 Å². The molecule has 4 rings (SSSR count). The van der Waals surface area contributed by atoms with Gasteiger partial charge in [0.1, 0.15) is 17.2 Å². The lowest BCUT2D eigenvalue weighted by molar-refractivity contribution is -0.119. The minimum Gasteiger partial charge on any atom is -0.478 e. The van der Waals surface area contributed by atoms with E-state index in [4.69, 9.17) is 0 Å². The van der Waals surface area contributed by atoms with E-state index in [0.29, 0.717) is 17.2 Å². The first-order valence-electron chi connectivity index (χ1n) is 8.57. The highest BCUT2D eigenvalue weighted by molar-refractivity contribution is 7.17. The van der Waals surface area contributed by atoms with Gasteiger partial charge in [-0.05, 0) is 31.4 Å². The summed E-state index contributed by atoms with van der Waals surface area (Å²) in [4.78, 5) is 43.6. The molecule has 0 bridgehead atoms. The molecule has 3 aromatic rings. The Morgan fingerprint density at radius 2 is 2.07 bits per heavy atom. The highest BCUT2D eigenvalue weighted by atomic mass is 32.1. The fraction of sp³-hybridized carbons (Fsp3) is 0.263. The largest absolute Gasteiger partial charge is 0.478 e. The standard InChI is InChI=1S/C19H17N3O4S/c1-11-20-17-16(13(10-27-17)19(25)26)18(24)22(11)9-15(23)21-8-4-6-12-5-2-3-7-14(12)21/h2-3,5,7,10H,4,6,8-9H2,1H3,(H,25,26). The van der Waals surface area contributed by atoms with Gasteiger partial charge in [0.15, 0.2) is 0 Å². The van der Waals surface area contributed by atoms with Gasteiger partial charge in [-0.2, -0.15) is 0 Å². The summed E-state index contributed by atoms with van der Waals surface area (Å²) in [5.41, 5.74) is 1.42. The molecule has 1 aliphatic rings. The Bertz CT molecular complexity index is 1130. The summed E-state index contributed by atoms with van der Waals surface area (Å²) in [6.45, 7) is 2.08. The second kappa shape index (κ2) is 6.62. The van der Waals surface area contributed by atoms with E-state index in [2.05, 4.69) is 4.98 Å². The fourth-order valence-corrected chi connectivity index (χ4v) is 4.43. The zero-order chi connectivity index (χ0) is 19.1. The lowest BCUT2D eigenvalue weighted by Gasteiger charge is -2.29. The van der Waals surface area contributed by atoms with Gasteiger partial charge < -0.3 is 10.0 Å². The van der Waals surface area contributed by atoms with Crippen molar-refractivity contribution >= 4 is 39.1 Å². The van der Waals surface area contributed by atoms with Crippen LogP contribution in [-0.2, 0) is 17.8 Å². The second-order valence-corrected chi connectivity index (χ2v) is 7.32. The molecule has 0 unspecified atom stereocenters. The molecule has 0 atom stereocenters. The first-order valence-corrected chi connectivity index (χ1v) is 9.45. The highest BCUT2D eigenvalue weighted by Gasteiger charge is 2.24. The first-order chi connectivity index (χ1) is 13.0. The Morgan fingerprint density at radius 3 is 2.85 bits per heavy atom. The Kier molecular flexibility index (Phi) is 4.27. The monoisotopic (exact) mass is 383 g/mol. The number of anilines is 1. The second-order valence-electron chi connectivity index (χ2n) is 6.46. The molecule has 8 heteroatoms. The molecule has 0 aliphatic carbocycles. The predicted molar refractivity (Wildman–Crippen MR) is 103 cm³/mol. The number of carboxylic acids is 1. The zero-order valence-corrected chi connectivity index (χ0v) is 15.5. The van der Waals surface area contributed by atoms with Gasteiger partial charge in [-0.1, -0.05) is 18.2 Å². The molecule has 138 valence electrons. The summed E-state index contributed by atoms with van der Waals surface area (Å²) in [5.74, 6) is -0.989. The van der Waals surface area contributed by atoms with Crippen LogP contribution in [0.15, 0.2) is 34.4 Å². The van der Waals surface area contributed by atoms with E-state index in [-0.39, 0.29) is 23.4 Å². The third kappa shape index (κ3) is 2.91. The third-order valence-electron chi connectivity index (χ3n) is 4.82. The number of carbonyl (C=O) groups is 2. The van der Waals surface area contributed by atoms with Gasteiger partial charge in [0.2, 0.25) is 5.91 Å². The molecule has 0 saturated heterocycles. The molecule has 2 aromatic heterocycles. The van der Waals surface area contributed by atoms with Crippen molar-refractivity contribution in [1.82, 2.24) is 9.55 Å². The van der Waals surface area contributed by atoms with Crippen molar-refractivity contribution in [2.45, 2.75) is 26.3 Å². The molecule has 0 saturated carbocycles. The topological polar surface area (TPSA) is 92.5 Å². The summed E-state index contributed by atoms with van der Waals surface area (Å²) >= 11 is 1.12. The molecule has 0 radical (unpaired) electrons. The molecule has 3 heterocycles. The van der Waals surface area contributed by atoms with Crippen LogP contribution < -0.4 is 10.5 Å². The van der Waals surface area contributed by atoms with Crippen LogP contribution in [0.5, 0.6) is 0 Å². The van der Waals surface area contributed by atoms with E-state index in [1.165, 1.54) is 9.95 Å². The number of aromatic nitrogens is 2. The van der Waals surface area contributed by atoms with Gasteiger partial charge in [0.05, 0.1) is 10.9 Å². The molecule has 0 spiro atoms. The lowest BCUT2D eigenvalue weighted by Crippen LogP contribution is -2.40. The van der Waals surface area contributed by atoms with Gasteiger partial charge in [-0.3, -0.25) is 14.2 Å². The number of benzene rings is 1. The Hall–Kier alpha value is -3.00. The van der Waals surface area contributed by atoms with Crippen molar-refractivity contribution in [3.63, 3.8) is 0 Å². The number of carbonyl (C=O) groups excluding carboxylic acids is 1. The number of nitrogens with zero attached hydrogens (tertiary/aromatic N) is 3. The Balaban J connectivity index is 1.74. The number of hydrogen-bond donors (Lipinski definition) is 1. The van der Waals surface area contributed by atoms with Gasteiger partial charge in [0.25, 0.3) is 5.56 Å². The van der Waals surface area contributed by atoms with Crippen LogP contribution in [0.1, 0.15) is 28.2 Å². The van der Waals surface area contributed by atoms with E-state index in [1.807, 2.05) is 24.3 Å². The van der Waals surface area contributed by atoms with E-state index >= 15 is 0 Å². The number of hydrogen-bond acceptors (Lipinski definition) is 5. The van der Waals surface area contributed by atoms with Gasteiger partial charge in [0, 0.05) is 17.6 Å². The molecule has 0 fully saturated rings. The number of rotatable bonds is 3. The van der Waals surface area contributed by atoms with Crippen LogP contribution in [0.2, 0.25) is 0 Å². The van der Waals surface area contributed by atoms with Gasteiger partial charge in [-0.15, -0.1) is 11.3 Å². The van der Waals surface area contributed by atoms with Crippen LogP contribution in [-0.4, -0.2) is 33.1 Å². The molecular weight excluding hydrogens is 366 g/mol. The molecule has 1 N–H and O–H groups in total. The summed E-state index contributed by atoms with van der Waals surface area (Å²) < 4.78 is 1.26. The number of carboxylic acid groups (broad SMARTS) is 1. The molecular formula is C19H17N3O4S. The van der Waals surface area contributed by atoms with Crippen molar-refractivity contribution in [1.29, 1.82) is 0 Å². The number of aromatic carboxylic acids is 1. The molecule has 1 aliphatic heterocycles. The first kappa shape index (κ1) is 17.4. The maximum atomic E-state index is 13.0.